The van der Waals surface area contributed by atoms with Crippen LogP contribution in [-0.4, -0.2) is 59.8 Å². The summed E-state index contributed by atoms with van der Waals surface area (Å²) in [6, 6.07) is 0. The average molecular weight is 281 g/mol. The maximum absolute atomic E-state index is 8.80. The van der Waals surface area contributed by atoms with Crippen molar-refractivity contribution in [3.8, 4) is 0 Å². The van der Waals surface area contributed by atoms with E-state index in [0.29, 0.717) is 0 Å². The Hall–Kier alpha value is 1.26. The van der Waals surface area contributed by atoms with E-state index in [-0.39, 0.29) is 79.6 Å². The molecule has 0 saturated heterocycles. The fourth-order valence-electron chi connectivity index (χ4n) is 0. The van der Waals surface area contributed by atoms with Crippen LogP contribution < -0.4 is 0 Å². The first-order valence-corrected chi connectivity index (χ1v) is 2.67. The summed E-state index contributed by atoms with van der Waals surface area (Å²) in [7, 11) is 0. The molecule has 0 aliphatic rings. The van der Waals surface area contributed by atoms with Gasteiger partial charge in [-0.25, -0.2) is 0 Å². The van der Waals surface area contributed by atoms with Crippen LogP contribution in [0.4, 0.5) is 28.2 Å². The number of halogens is 6. The van der Waals surface area contributed by atoms with Crippen molar-refractivity contribution in [3.05, 3.63) is 0 Å². The van der Waals surface area contributed by atoms with Gasteiger partial charge in [0.05, 0.1) is 0 Å². The van der Waals surface area contributed by atoms with Crippen molar-refractivity contribution < 1.29 is 57.6 Å². The minimum absolute atomic E-state index is 0. The zero-order valence-electron chi connectivity index (χ0n) is 4.54. The Bertz CT molecular complexity index is 103. The number of rotatable bonds is 0. The predicted molar refractivity (Wildman–Crippen MR) is 28.0 cm³/mol. The third kappa shape index (κ3) is 751. The van der Waals surface area contributed by atoms with Crippen molar-refractivity contribution in [2.24, 2.45) is 0 Å². The molecule has 83 valence electrons. The standard InChI is InChI=1S/6FH.K.Mn.2H2O.2O.H/h6*1H;;;2*1H2;;;/q;;;;;;;+2;;;;;/p-2. The van der Waals surface area contributed by atoms with Crippen molar-refractivity contribution in [3.63, 3.8) is 0 Å². The van der Waals surface area contributed by atoms with Crippen LogP contribution in [0.1, 0.15) is 0 Å². The van der Waals surface area contributed by atoms with E-state index in [9.17, 15) is 0 Å². The summed E-state index contributed by atoms with van der Waals surface area (Å²) in [5.74, 6) is 0. The molecule has 0 radical (unpaired) electrons. The maximum atomic E-state index is 8.80. The normalized spacial score (nSPS) is 4.83. The predicted octanol–water partition coefficient (Wildman–Crippen LogP) is -1.09. The first-order chi connectivity index (χ1) is 2.00. The summed E-state index contributed by atoms with van der Waals surface area (Å²) in [5.41, 5.74) is 0. The van der Waals surface area contributed by atoms with E-state index in [0.717, 1.165) is 0 Å². The minimum atomic E-state index is -5.12. The molecule has 2 N–H and O–H groups in total. The second-order valence-electron chi connectivity index (χ2n) is 0.415. The molecule has 0 saturated carbocycles. The number of hydrogen-bond acceptors (Lipinski definition) is 2. The topological polar surface area (TPSA) is 74.6 Å². The molecule has 0 aliphatic carbocycles. The molecule has 0 spiro atoms. The molecule has 0 aromatic rings. The van der Waals surface area contributed by atoms with Crippen LogP contribution in [0.5, 0.6) is 0 Å². The molecule has 4 nitrogen and oxygen atoms in total. The average Bonchev–Trinajstić information content (AvgIpc) is 0.722. The molecule has 0 heterocycles. The van der Waals surface area contributed by atoms with Crippen molar-refractivity contribution in [1.29, 1.82) is 0 Å². The van der Waals surface area contributed by atoms with Gasteiger partial charge >= 0.3 is 80.8 Å². The molecular formula is H9F6KMnO4. The van der Waals surface area contributed by atoms with Gasteiger partial charge in [-0.15, -0.1) is 0 Å². The van der Waals surface area contributed by atoms with Gasteiger partial charge in [0, 0.05) is 0 Å². The van der Waals surface area contributed by atoms with Gasteiger partial charge in [-0.1, -0.05) is 0 Å². The Labute approximate surface area is 108 Å². The van der Waals surface area contributed by atoms with Gasteiger partial charge in [-0.3, -0.25) is 28.2 Å². The zero-order chi connectivity index (χ0) is 4.50. The van der Waals surface area contributed by atoms with E-state index < -0.39 is 13.4 Å². The molecule has 0 bridgehead atoms. The van der Waals surface area contributed by atoms with Crippen LogP contribution in [0.25, 0.3) is 0 Å². The monoisotopic (exact) mass is 281 g/mol. The summed E-state index contributed by atoms with van der Waals surface area (Å²) in [4.78, 5) is 0. The molecule has 0 aromatic carbocycles. The van der Waals surface area contributed by atoms with Crippen LogP contribution in [-0.2, 0) is 21.0 Å². The van der Waals surface area contributed by atoms with Gasteiger partial charge in [0.25, 0.3) is 0 Å². The van der Waals surface area contributed by atoms with Gasteiger partial charge in [0.2, 0.25) is 0 Å². The van der Waals surface area contributed by atoms with Crippen LogP contribution in [0.3, 0.4) is 0 Å². The summed E-state index contributed by atoms with van der Waals surface area (Å²) in [6.07, 6.45) is 0. The fraction of sp³-hybridized carbons (Fsp3) is 0. The summed E-state index contributed by atoms with van der Waals surface area (Å²) < 4.78 is 31.8. The van der Waals surface area contributed by atoms with Crippen molar-refractivity contribution in [2.45, 2.75) is 0 Å². The second kappa shape index (κ2) is 29.5. The molecule has 0 amide bonds. The summed E-state index contributed by atoms with van der Waals surface area (Å²) in [6.45, 7) is 0. The molecule has 0 aromatic heterocycles. The van der Waals surface area contributed by atoms with Crippen LogP contribution in [0, 0.1) is 0 Å². The van der Waals surface area contributed by atoms with Gasteiger partial charge < -0.3 is 0 Å². The Morgan fingerprint density at radius 2 is 0.667 bits per heavy atom. The molecule has 12 heavy (non-hydrogen) atoms. The Kier molecular flexibility index (Phi) is 177. The van der Waals surface area contributed by atoms with E-state index in [1.165, 1.54) is 0 Å². The fourth-order valence-corrected chi connectivity index (χ4v) is 0. The quantitative estimate of drug-likeness (QED) is 0.437. The van der Waals surface area contributed by atoms with Gasteiger partial charge in [0.15, 0.2) is 0 Å². The number of hydrogen-bond donors (Lipinski definition) is 2. The van der Waals surface area contributed by atoms with Crippen molar-refractivity contribution in [1.82, 2.24) is 0 Å². The van der Waals surface area contributed by atoms with Gasteiger partial charge in [-0.2, -0.15) is 0 Å². The Morgan fingerprint density at radius 1 is 0.667 bits per heavy atom. The first kappa shape index (κ1) is 72.1. The SMILES string of the molecule is F.F.F.F.F.F.[KH].[O]=[Mn](=[O])([OH])[OH]. The Balaban J connectivity index is -0.00000000381. The van der Waals surface area contributed by atoms with Crippen molar-refractivity contribution >= 4 is 51.4 Å². The van der Waals surface area contributed by atoms with Crippen LogP contribution in [0.2, 0.25) is 0 Å². The molecule has 0 rings (SSSR count). The first-order valence-electron chi connectivity index (χ1n) is 0.647. The van der Waals surface area contributed by atoms with Crippen LogP contribution in [0.15, 0.2) is 0 Å². The molecule has 0 atom stereocenters. The molecule has 0 aliphatic heterocycles. The second-order valence-corrected chi connectivity index (χ2v) is 1.71. The molecule has 0 unspecified atom stereocenters. The van der Waals surface area contributed by atoms with E-state index in [1.54, 1.807) is 0 Å². The summed E-state index contributed by atoms with van der Waals surface area (Å²) in [5, 5.41) is 0. The van der Waals surface area contributed by atoms with E-state index in [4.69, 9.17) is 16.0 Å². The van der Waals surface area contributed by atoms with Gasteiger partial charge in [-0.05, 0) is 0 Å². The summed E-state index contributed by atoms with van der Waals surface area (Å²) >= 11 is -5.12. The zero-order valence-corrected chi connectivity index (χ0v) is 5.72. The van der Waals surface area contributed by atoms with E-state index >= 15 is 0 Å². The van der Waals surface area contributed by atoms with E-state index in [2.05, 4.69) is 0 Å². The molecule has 12 heteroatoms. The Morgan fingerprint density at radius 3 is 0.667 bits per heavy atom. The third-order valence-corrected chi connectivity index (χ3v) is 0. The van der Waals surface area contributed by atoms with Gasteiger partial charge in [0.1, 0.15) is 0 Å². The molecule has 0 fully saturated rings. The molecular weight excluding hydrogens is 272 g/mol. The van der Waals surface area contributed by atoms with Crippen molar-refractivity contribution in [2.75, 3.05) is 0 Å². The van der Waals surface area contributed by atoms with Crippen LogP contribution >= 0.6 is 0 Å². The van der Waals surface area contributed by atoms with E-state index in [1.807, 2.05) is 0 Å². The third-order valence-electron chi connectivity index (χ3n) is 0.